The Balaban J connectivity index is 2.11. The van der Waals surface area contributed by atoms with Gasteiger partial charge in [0.05, 0.1) is 4.92 Å². The number of benzene rings is 1. The number of nitrogens with zero attached hydrogens (tertiary/aromatic N) is 1. The van der Waals surface area contributed by atoms with Crippen molar-refractivity contribution in [2.75, 3.05) is 11.9 Å². The van der Waals surface area contributed by atoms with E-state index in [1.807, 2.05) is 0 Å². The maximum absolute atomic E-state index is 12.0. The van der Waals surface area contributed by atoms with E-state index < -0.39 is 4.92 Å². The summed E-state index contributed by atoms with van der Waals surface area (Å²) in [7, 11) is 0. The van der Waals surface area contributed by atoms with Gasteiger partial charge in [-0.1, -0.05) is 18.0 Å². The number of nitro groups is 1. The zero-order chi connectivity index (χ0) is 14.8. The third-order valence-corrected chi connectivity index (χ3v) is 4.05. The molecule has 6 nitrogen and oxygen atoms in total. The highest BCUT2D eigenvalue weighted by Crippen LogP contribution is 2.43. The third-order valence-electron chi connectivity index (χ3n) is 3.81. The molecule has 20 heavy (non-hydrogen) atoms. The lowest BCUT2D eigenvalue weighted by Gasteiger charge is -2.40. The Morgan fingerprint density at radius 1 is 1.50 bits per heavy atom. The molecule has 0 aromatic heterocycles. The Morgan fingerprint density at radius 2 is 2.20 bits per heavy atom. The summed E-state index contributed by atoms with van der Waals surface area (Å²) in [6.45, 7) is 0.456. The van der Waals surface area contributed by atoms with Gasteiger partial charge in [-0.3, -0.25) is 14.9 Å². The highest BCUT2D eigenvalue weighted by molar-refractivity contribution is 6.31. The van der Waals surface area contributed by atoms with Crippen LogP contribution >= 0.6 is 11.6 Å². The van der Waals surface area contributed by atoms with Crippen molar-refractivity contribution >= 4 is 28.9 Å². The van der Waals surface area contributed by atoms with E-state index >= 15 is 0 Å². The summed E-state index contributed by atoms with van der Waals surface area (Å²) in [6, 6.07) is 4.08. The van der Waals surface area contributed by atoms with Crippen molar-refractivity contribution in [3.05, 3.63) is 33.3 Å². The lowest BCUT2D eigenvalue weighted by molar-refractivity contribution is -0.383. The Morgan fingerprint density at radius 3 is 2.70 bits per heavy atom. The summed E-state index contributed by atoms with van der Waals surface area (Å²) in [5.74, 6) is -0.263. The molecular weight excluding hydrogens is 282 g/mol. The molecule has 0 radical (unpaired) electrons. The topological polar surface area (TPSA) is 98.3 Å². The zero-order valence-electron chi connectivity index (χ0n) is 10.9. The molecule has 0 bridgehead atoms. The van der Waals surface area contributed by atoms with Gasteiger partial charge in [0, 0.05) is 17.5 Å². The molecule has 0 saturated heterocycles. The number of amides is 1. The summed E-state index contributed by atoms with van der Waals surface area (Å²) in [4.78, 5) is 22.4. The molecule has 0 atom stereocenters. The number of hydrogen-bond acceptors (Lipinski definition) is 4. The van der Waals surface area contributed by atoms with E-state index in [0.717, 1.165) is 19.3 Å². The summed E-state index contributed by atoms with van der Waals surface area (Å²) >= 11 is 5.81. The van der Waals surface area contributed by atoms with Gasteiger partial charge in [-0.25, -0.2) is 0 Å². The Hall–Kier alpha value is -1.66. The summed E-state index contributed by atoms with van der Waals surface area (Å²) in [6.07, 6.45) is 3.21. The lowest BCUT2D eigenvalue weighted by Crippen LogP contribution is -2.40. The van der Waals surface area contributed by atoms with E-state index in [-0.39, 0.29) is 29.1 Å². The second kappa shape index (κ2) is 5.76. The fraction of sp³-hybridized carbons (Fsp3) is 0.462. The minimum Gasteiger partial charge on any atom is -0.330 e. The second-order valence-corrected chi connectivity index (χ2v) is 5.64. The SMILES string of the molecule is NCC1(CC(=O)Nc2cc(Cl)ccc2[N+](=O)[O-])CCC1. The predicted octanol–water partition coefficient (Wildman–Crippen LogP) is 2.71. The van der Waals surface area contributed by atoms with Gasteiger partial charge in [0.2, 0.25) is 5.91 Å². The van der Waals surface area contributed by atoms with Crippen LogP contribution in [0.4, 0.5) is 11.4 Å². The molecule has 3 N–H and O–H groups in total. The Labute approximate surface area is 121 Å². The Bertz CT molecular complexity index is 538. The van der Waals surface area contributed by atoms with E-state index in [1.54, 1.807) is 0 Å². The first-order valence-electron chi connectivity index (χ1n) is 6.40. The minimum absolute atomic E-state index is 0.124. The lowest BCUT2D eigenvalue weighted by atomic mass is 9.66. The van der Waals surface area contributed by atoms with Crippen molar-refractivity contribution in [3.63, 3.8) is 0 Å². The normalized spacial score (nSPS) is 16.3. The highest BCUT2D eigenvalue weighted by atomic mass is 35.5. The van der Waals surface area contributed by atoms with Crippen molar-refractivity contribution in [2.45, 2.75) is 25.7 Å². The highest BCUT2D eigenvalue weighted by Gasteiger charge is 2.37. The summed E-state index contributed by atoms with van der Waals surface area (Å²) in [5, 5.41) is 13.8. The molecule has 108 valence electrons. The van der Waals surface area contributed by atoms with Crippen molar-refractivity contribution < 1.29 is 9.72 Å². The zero-order valence-corrected chi connectivity index (χ0v) is 11.7. The van der Waals surface area contributed by atoms with Crippen LogP contribution in [0.2, 0.25) is 5.02 Å². The predicted molar refractivity (Wildman–Crippen MR) is 76.7 cm³/mol. The smallest absolute Gasteiger partial charge is 0.292 e. The largest absolute Gasteiger partial charge is 0.330 e. The summed E-state index contributed by atoms with van der Waals surface area (Å²) < 4.78 is 0. The molecule has 2 rings (SSSR count). The minimum atomic E-state index is -0.548. The van der Waals surface area contributed by atoms with Crippen LogP contribution in [0.25, 0.3) is 0 Å². The van der Waals surface area contributed by atoms with Crippen LogP contribution in [0.5, 0.6) is 0 Å². The molecule has 1 saturated carbocycles. The standard InChI is InChI=1S/C13H16ClN3O3/c14-9-2-3-11(17(19)20)10(6-9)16-12(18)7-13(8-15)4-1-5-13/h2-3,6H,1,4-5,7-8,15H2,(H,16,18). The van der Waals surface area contributed by atoms with E-state index in [2.05, 4.69) is 5.32 Å². The van der Waals surface area contributed by atoms with Crippen LogP contribution in [-0.2, 0) is 4.79 Å². The molecule has 0 spiro atoms. The third kappa shape index (κ3) is 3.08. The molecule has 0 aliphatic heterocycles. The number of anilines is 1. The number of nitro benzene ring substituents is 1. The monoisotopic (exact) mass is 297 g/mol. The molecule has 1 aliphatic carbocycles. The first-order chi connectivity index (χ1) is 9.46. The van der Waals surface area contributed by atoms with Gasteiger partial charge in [0.1, 0.15) is 5.69 Å². The van der Waals surface area contributed by atoms with Crippen LogP contribution in [0, 0.1) is 15.5 Å². The molecular formula is C13H16ClN3O3. The van der Waals surface area contributed by atoms with Crippen LogP contribution in [0.3, 0.4) is 0 Å². The van der Waals surface area contributed by atoms with Crippen LogP contribution in [-0.4, -0.2) is 17.4 Å². The molecule has 0 heterocycles. The molecule has 7 heteroatoms. The van der Waals surface area contributed by atoms with E-state index in [9.17, 15) is 14.9 Å². The number of carbonyl (C=O) groups is 1. The van der Waals surface area contributed by atoms with Crippen molar-refractivity contribution in [3.8, 4) is 0 Å². The van der Waals surface area contributed by atoms with E-state index in [1.165, 1.54) is 18.2 Å². The number of carbonyl (C=O) groups excluding carboxylic acids is 1. The average molecular weight is 298 g/mol. The first kappa shape index (κ1) is 14.7. The van der Waals surface area contributed by atoms with Crippen molar-refractivity contribution in [2.24, 2.45) is 11.1 Å². The summed E-state index contributed by atoms with van der Waals surface area (Å²) in [5.41, 5.74) is 5.52. The van der Waals surface area contributed by atoms with Gasteiger partial charge in [-0.2, -0.15) is 0 Å². The number of halogens is 1. The molecule has 1 aromatic rings. The fourth-order valence-electron chi connectivity index (χ4n) is 2.43. The number of hydrogen-bond donors (Lipinski definition) is 2. The number of rotatable bonds is 5. The maximum atomic E-state index is 12.0. The second-order valence-electron chi connectivity index (χ2n) is 5.20. The van der Waals surface area contributed by atoms with Crippen LogP contribution in [0.15, 0.2) is 18.2 Å². The van der Waals surface area contributed by atoms with E-state index in [0.29, 0.717) is 11.6 Å². The fourth-order valence-corrected chi connectivity index (χ4v) is 2.60. The van der Waals surface area contributed by atoms with Crippen molar-refractivity contribution in [1.29, 1.82) is 0 Å². The Kier molecular flexibility index (Phi) is 4.25. The van der Waals surface area contributed by atoms with E-state index in [4.69, 9.17) is 17.3 Å². The van der Waals surface area contributed by atoms with Gasteiger partial charge in [0.25, 0.3) is 5.69 Å². The van der Waals surface area contributed by atoms with Gasteiger partial charge in [0.15, 0.2) is 0 Å². The van der Waals surface area contributed by atoms with Gasteiger partial charge < -0.3 is 11.1 Å². The quantitative estimate of drug-likeness (QED) is 0.645. The van der Waals surface area contributed by atoms with Gasteiger partial charge in [-0.05, 0) is 36.9 Å². The molecule has 0 unspecified atom stereocenters. The van der Waals surface area contributed by atoms with Gasteiger partial charge in [-0.15, -0.1) is 0 Å². The number of nitrogens with one attached hydrogen (secondary N) is 1. The number of nitrogens with two attached hydrogens (primary N) is 1. The molecule has 1 fully saturated rings. The molecule has 1 aliphatic rings. The van der Waals surface area contributed by atoms with Crippen molar-refractivity contribution in [1.82, 2.24) is 0 Å². The maximum Gasteiger partial charge on any atom is 0.292 e. The first-order valence-corrected chi connectivity index (χ1v) is 6.77. The average Bonchev–Trinajstić information content (AvgIpc) is 2.33. The molecule has 1 amide bonds. The van der Waals surface area contributed by atoms with Crippen LogP contribution in [0.1, 0.15) is 25.7 Å². The molecule has 1 aromatic carbocycles. The van der Waals surface area contributed by atoms with Gasteiger partial charge >= 0.3 is 0 Å². The van der Waals surface area contributed by atoms with Crippen LogP contribution < -0.4 is 11.1 Å².